The minimum atomic E-state index is -1.35. The molecule has 0 aliphatic carbocycles. The van der Waals surface area contributed by atoms with Gasteiger partial charge in [-0.05, 0) is 6.42 Å². The van der Waals surface area contributed by atoms with Crippen molar-refractivity contribution < 1.29 is 22.7 Å². The van der Waals surface area contributed by atoms with E-state index in [4.69, 9.17) is 10.5 Å². The third-order valence-corrected chi connectivity index (χ3v) is 6.83. The lowest BCUT2D eigenvalue weighted by Crippen LogP contribution is -2.38. The molecule has 5 heterocycles. The lowest BCUT2D eigenvalue weighted by Gasteiger charge is -2.30. The van der Waals surface area contributed by atoms with Crippen molar-refractivity contribution in [3.8, 4) is 11.3 Å². The molecule has 2 fully saturated rings. The number of carbonyl (C=O) groups excluding carboxylic acids is 1. The number of anilines is 4. The first-order valence-electron chi connectivity index (χ1n) is 11.7. The number of pyridine rings is 1. The molecule has 2 aliphatic rings. The smallest absolute Gasteiger partial charge is 0.271 e. The summed E-state index contributed by atoms with van der Waals surface area (Å²) in [5, 5.41) is 5.37. The van der Waals surface area contributed by atoms with Crippen LogP contribution in [0.15, 0.2) is 24.8 Å². The van der Waals surface area contributed by atoms with Crippen molar-refractivity contribution in [3.05, 3.63) is 47.9 Å². The molecule has 1 amide bonds. The van der Waals surface area contributed by atoms with Crippen LogP contribution in [0.4, 0.5) is 36.2 Å². The second-order valence-corrected chi connectivity index (χ2v) is 9.15. The van der Waals surface area contributed by atoms with Crippen LogP contribution in [0.2, 0.25) is 0 Å². The Bertz CT molecular complexity index is 1610. The molecule has 2 bridgehead atoms. The van der Waals surface area contributed by atoms with Gasteiger partial charge in [-0.3, -0.25) is 9.78 Å². The van der Waals surface area contributed by atoms with Crippen LogP contribution in [0.1, 0.15) is 16.9 Å². The van der Waals surface area contributed by atoms with Gasteiger partial charge in [-0.25, -0.2) is 28.1 Å². The Hall–Kier alpha value is -4.46. The number of hydrogen-bond acceptors (Lipinski definition) is 9. The summed E-state index contributed by atoms with van der Waals surface area (Å²) in [6.45, 7) is 0.594. The predicted molar refractivity (Wildman–Crippen MR) is 133 cm³/mol. The van der Waals surface area contributed by atoms with E-state index < -0.39 is 34.7 Å². The average molecular weight is 525 g/mol. The van der Waals surface area contributed by atoms with Gasteiger partial charge in [0, 0.05) is 32.9 Å². The van der Waals surface area contributed by atoms with E-state index in [0.29, 0.717) is 29.6 Å². The number of imidazole rings is 1. The number of hydrogen-bond donors (Lipinski definition) is 3. The van der Waals surface area contributed by atoms with E-state index in [1.807, 2.05) is 0 Å². The number of halogens is 3. The highest BCUT2D eigenvalue weighted by molar-refractivity contribution is 5.99. The Morgan fingerprint density at radius 3 is 2.68 bits per heavy atom. The number of fused-ring (bicyclic) bond motifs is 3. The van der Waals surface area contributed by atoms with Gasteiger partial charge in [0.05, 0.1) is 48.0 Å². The minimum Gasteiger partial charge on any atom is -0.374 e. The number of primary amides is 1. The lowest BCUT2D eigenvalue weighted by atomic mass is 10.1. The molecule has 11 nitrogen and oxygen atoms in total. The normalized spacial score (nSPS) is 18.4. The molecule has 4 aromatic rings. The monoisotopic (exact) mass is 525 g/mol. The number of nitrogens with two attached hydrogens (primary N) is 1. The largest absolute Gasteiger partial charge is 0.374 e. The number of carbonyl (C=O) groups is 1. The maximum absolute atomic E-state index is 15.2. The Labute approximate surface area is 213 Å². The van der Waals surface area contributed by atoms with E-state index in [0.717, 1.165) is 6.07 Å². The van der Waals surface area contributed by atoms with Gasteiger partial charge in [0.2, 0.25) is 0 Å². The number of rotatable bonds is 6. The highest BCUT2D eigenvalue weighted by Crippen LogP contribution is 2.39. The van der Waals surface area contributed by atoms with Crippen molar-refractivity contribution in [1.29, 1.82) is 0 Å². The van der Waals surface area contributed by atoms with Crippen LogP contribution in [0.5, 0.6) is 0 Å². The van der Waals surface area contributed by atoms with E-state index in [9.17, 15) is 4.79 Å². The van der Waals surface area contributed by atoms with Gasteiger partial charge < -0.3 is 30.6 Å². The number of aromatic nitrogens is 5. The van der Waals surface area contributed by atoms with Crippen LogP contribution in [0, 0.1) is 17.5 Å². The van der Waals surface area contributed by atoms with Crippen molar-refractivity contribution in [1.82, 2.24) is 24.5 Å². The summed E-state index contributed by atoms with van der Waals surface area (Å²) in [6.07, 6.45) is 5.22. The fourth-order valence-corrected chi connectivity index (χ4v) is 5.01. The molecule has 38 heavy (non-hydrogen) atoms. The van der Waals surface area contributed by atoms with Crippen molar-refractivity contribution in [3.63, 3.8) is 0 Å². The van der Waals surface area contributed by atoms with Gasteiger partial charge in [-0.2, -0.15) is 0 Å². The molecule has 196 valence electrons. The van der Waals surface area contributed by atoms with Crippen LogP contribution in [-0.4, -0.2) is 62.8 Å². The lowest BCUT2D eigenvalue weighted by molar-refractivity contribution is 0.0985. The Morgan fingerprint density at radius 2 is 2.00 bits per heavy atom. The summed E-state index contributed by atoms with van der Waals surface area (Å²) in [7, 11) is 3.36. The maximum atomic E-state index is 15.2. The Morgan fingerprint density at radius 1 is 1.18 bits per heavy atom. The summed E-state index contributed by atoms with van der Waals surface area (Å²) in [5.41, 5.74) is 6.11. The van der Waals surface area contributed by atoms with E-state index >= 15 is 13.2 Å². The zero-order valence-corrected chi connectivity index (χ0v) is 20.3. The second kappa shape index (κ2) is 8.83. The fraction of sp³-hybridized carbons (Fsp3) is 0.292. The Balaban J connectivity index is 1.42. The first-order valence-corrected chi connectivity index (χ1v) is 11.7. The van der Waals surface area contributed by atoms with Crippen molar-refractivity contribution in [2.45, 2.75) is 18.6 Å². The molecule has 2 unspecified atom stereocenters. The van der Waals surface area contributed by atoms with E-state index in [2.05, 4.69) is 30.6 Å². The van der Waals surface area contributed by atoms with Crippen LogP contribution < -0.4 is 21.3 Å². The van der Waals surface area contributed by atoms with Gasteiger partial charge in [-0.15, -0.1) is 0 Å². The van der Waals surface area contributed by atoms with Gasteiger partial charge >= 0.3 is 0 Å². The molecule has 0 spiro atoms. The molecule has 2 saturated heterocycles. The molecule has 0 saturated carbocycles. The quantitative estimate of drug-likeness (QED) is 0.325. The third kappa shape index (κ3) is 3.67. The van der Waals surface area contributed by atoms with Crippen LogP contribution >= 0.6 is 0 Å². The zero-order chi connectivity index (χ0) is 26.7. The number of amides is 1. The molecule has 2 atom stereocenters. The molecule has 4 N–H and O–H groups in total. The number of ether oxygens (including phenoxy) is 1. The highest BCUT2D eigenvalue weighted by Gasteiger charge is 2.42. The van der Waals surface area contributed by atoms with E-state index in [1.165, 1.54) is 11.1 Å². The molecular formula is C24H22F3N9O2. The van der Waals surface area contributed by atoms with Crippen molar-refractivity contribution in [2.75, 3.05) is 35.7 Å². The van der Waals surface area contributed by atoms with E-state index in [-0.39, 0.29) is 41.7 Å². The standard InChI is InChI=1S/C24H22F3N9O2/c1-29-23-19(12-5-30-6-15-18(12)31-9-35(15)2)33-20(22(28)37)24(34-23)32-14-4-13(25)21(17(27)16(14)26)36-7-11-3-10(36)8-38-11/h4-6,9-11H,3,7-8H2,1-2H3,(H2,28,37)(H2,29,32,34). The first kappa shape index (κ1) is 23.9. The SMILES string of the molecule is CNc1nc(Nc2cc(F)c(N3CC4CC3CO4)c(F)c2F)c(C(N)=O)nc1-c1cncc2c1ncn2C. The van der Waals surface area contributed by atoms with Gasteiger partial charge in [0.1, 0.15) is 16.9 Å². The zero-order valence-electron chi connectivity index (χ0n) is 20.3. The van der Waals surface area contributed by atoms with Crippen molar-refractivity contribution >= 4 is 40.0 Å². The maximum Gasteiger partial charge on any atom is 0.271 e. The van der Waals surface area contributed by atoms with Gasteiger partial charge in [0.25, 0.3) is 5.91 Å². The fourth-order valence-electron chi connectivity index (χ4n) is 5.01. The summed E-state index contributed by atoms with van der Waals surface area (Å²) in [5.74, 6) is -4.76. The number of aryl methyl sites for hydroxylation is 1. The summed E-state index contributed by atoms with van der Waals surface area (Å²) < 4.78 is 52.7. The molecule has 1 aromatic carbocycles. The number of nitrogens with zero attached hydrogens (tertiary/aromatic N) is 6. The summed E-state index contributed by atoms with van der Waals surface area (Å²) in [4.78, 5) is 31.1. The van der Waals surface area contributed by atoms with Crippen LogP contribution in [0.3, 0.4) is 0 Å². The number of benzene rings is 1. The number of morpholine rings is 1. The average Bonchev–Trinajstić information content (AvgIpc) is 3.63. The second-order valence-electron chi connectivity index (χ2n) is 9.15. The van der Waals surface area contributed by atoms with Crippen molar-refractivity contribution in [2.24, 2.45) is 12.8 Å². The Kier molecular flexibility index (Phi) is 5.56. The molecule has 3 aromatic heterocycles. The molecule has 2 aliphatic heterocycles. The molecule has 0 radical (unpaired) electrons. The predicted octanol–water partition coefficient (Wildman–Crippen LogP) is 2.70. The van der Waals surface area contributed by atoms with E-state index in [1.54, 1.807) is 31.2 Å². The summed E-state index contributed by atoms with van der Waals surface area (Å²) >= 11 is 0. The van der Waals surface area contributed by atoms with Gasteiger partial charge in [0.15, 0.2) is 34.8 Å². The first-order chi connectivity index (χ1) is 18.3. The molecule has 14 heteroatoms. The topological polar surface area (TPSA) is 136 Å². The van der Waals surface area contributed by atoms with Crippen LogP contribution in [0.25, 0.3) is 22.3 Å². The van der Waals surface area contributed by atoms with Gasteiger partial charge in [-0.1, -0.05) is 0 Å². The summed E-state index contributed by atoms with van der Waals surface area (Å²) in [6, 6.07) is 0.594. The third-order valence-electron chi connectivity index (χ3n) is 6.83. The number of nitrogens with one attached hydrogen (secondary N) is 2. The minimum absolute atomic E-state index is 0.140. The highest BCUT2D eigenvalue weighted by atomic mass is 19.2. The molecular weight excluding hydrogens is 503 g/mol. The molecule has 6 rings (SSSR count). The van der Waals surface area contributed by atoms with Crippen LogP contribution in [-0.2, 0) is 11.8 Å².